The van der Waals surface area contributed by atoms with E-state index in [1.165, 1.54) is 22.3 Å². The number of carbonyl (C=O) groups is 2. The summed E-state index contributed by atoms with van der Waals surface area (Å²) in [6.07, 6.45) is 1.51. The molecule has 1 unspecified atom stereocenters. The molecule has 6 rings (SSSR count). The zero-order valence-corrected chi connectivity index (χ0v) is 26.0. The molecule has 1 fully saturated rings. The lowest BCUT2D eigenvalue weighted by Crippen LogP contribution is -1.97. The van der Waals surface area contributed by atoms with Gasteiger partial charge in [-0.05, 0) is 116 Å². The molecule has 0 radical (unpaired) electrons. The number of allylic oxidation sites excluding steroid dienone is 4. The molecule has 0 saturated carbocycles. The van der Waals surface area contributed by atoms with Gasteiger partial charge in [-0.1, -0.05) is 6.92 Å². The lowest BCUT2D eigenvalue weighted by atomic mass is 9.98. The third-order valence-electron chi connectivity index (χ3n) is 8.90. The zero-order chi connectivity index (χ0) is 30.6. The van der Waals surface area contributed by atoms with Crippen molar-refractivity contribution in [2.45, 2.75) is 72.0 Å². The minimum absolute atomic E-state index is 0.0110. The van der Waals surface area contributed by atoms with Crippen molar-refractivity contribution in [3.05, 3.63) is 69.3 Å². The maximum absolute atomic E-state index is 11.6. The van der Waals surface area contributed by atoms with E-state index in [9.17, 15) is 19.8 Å². The summed E-state index contributed by atoms with van der Waals surface area (Å²) in [5.41, 5.74) is 15.7. The number of aromatic amines is 2. The molecule has 1 atom stereocenters. The van der Waals surface area contributed by atoms with Gasteiger partial charge in [-0.3, -0.25) is 9.59 Å². The molecule has 4 N–H and O–H groups in total. The van der Waals surface area contributed by atoms with E-state index in [1.54, 1.807) is 0 Å². The largest absolute Gasteiger partial charge is 0.481 e. The van der Waals surface area contributed by atoms with E-state index < -0.39 is 11.9 Å². The highest BCUT2D eigenvalue weighted by atomic mass is 32.2. The van der Waals surface area contributed by atoms with Crippen molar-refractivity contribution >= 4 is 68.1 Å². The first-order chi connectivity index (χ1) is 20.5. The summed E-state index contributed by atoms with van der Waals surface area (Å²) < 4.78 is 0. The van der Waals surface area contributed by atoms with Gasteiger partial charge in [-0.15, -0.1) is 0 Å². The molecule has 3 aliphatic rings. The van der Waals surface area contributed by atoms with Gasteiger partial charge in [-0.25, -0.2) is 9.97 Å². The standard InChI is InChI=1S/C34H36N4O4S/c1-6-20-16(2)25-13-30-34(31-15-43-31)19(5)26(38-30)11-23-17(3)21(7-9-32(39)40)28(36-23)14-29-22(8-10-33(41)42)18(4)24(37-29)12-27(20)35-25/h11-14,31,35,38H,6-10,15H2,1-5H3,(H,39,40)(H,41,42). The topological polar surface area (TPSA) is 132 Å². The van der Waals surface area contributed by atoms with Gasteiger partial charge in [0.25, 0.3) is 0 Å². The van der Waals surface area contributed by atoms with Gasteiger partial charge in [-0.2, -0.15) is 11.8 Å². The molecule has 8 bridgehead atoms. The molecule has 222 valence electrons. The molecule has 3 aromatic heterocycles. The molecule has 0 aromatic carbocycles. The van der Waals surface area contributed by atoms with Gasteiger partial charge in [0.2, 0.25) is 0 Å². The van der Waals surface area contributed by atoms with Crippen LogP contribution in [0, 0.1) is 13.8 Å². The minimum Gasteiger partial charge on any atom is -0.481 e. The highest BCUT2D eigenvalue weighted by Crippen LogP contribution is 2.50. The lowest BCUT2D eigenvalue weighted by molar-refractivity contribution is -0.137. The molecule has 8 nitrogen and oxygen atoms in total. The number of fused-ring (bicyclic) bond motifs is 8. The number of carboxylic acid groups (broad SMARTS) is 2. The van der Waals surface area contributed by atoms with Crippen LogP contribution >= 0.6 is 11.8 Å². The van der Waals surface area contributed by atoms with Crippen LogP contribution in [0.15, 0.2) is 24.3 Å². The summed E-state index contributed by atoms with van der Waals surface area (Å²) in [5, 5.41) is 19.4. The van der Waals surface area contributed by atoms with E-state index in [4.69, 9.17) is 9.97 Å². The second kappa shape index (κ2) is 11.2. The van der Waals surface area contributed by atoms with Crippen LogP contribution in [0.4, 0.5) is 0 Å². The van der Waals surface area contributed by atoms with Gasteiger partial charge in [0.1, 0.15) is 0 Å². The normalized spacial score (nSPS) is 16.3. The number of aryl methyl sites for hydroxylation is 3. The molecule has 9 heteroatoms. The Morgan fingerprint density at radius 3 is 1.79 bits per heavy atom. The Hall–Kier alpha value is -4.11. The molecular weight excluding hydrogens is 560 g/mol. The van der Waals surface area contributed by atoms with Crippen molar-refractivity contribution in [3.63, 3.8) is 0 Å². The number of carboxylic acids is 2. The fraction of sp³-hybridized carbons (Fsp3) is 0.353. The molecule has 0 spiro atoms. The highest BCUT2D eigenvalue weighted by Gasteiger charge is 2.29. The van der Waals surface area contributed by atoms with Crippen molar-refractivity contribution in [1.82, 2.24) is 19.9 Å². The van der Waals surface area contributed by atoms with E-state index in [0.29, 0.717) is 29.5 Å². The van der Waals surface area contributed by atoms with E-state index in [0.717, 1.165) is 67.9 Å². The number of nitrogens with one attached hydrogen (secondary N) is 2. The second-order valence-electron chi connectivity index (χ2n) is 11.6. The van der Waals surface area contributed by atoms with Crippen LogP contribution in [-0.4, -0.2) is 47.8 Å². The van der Waals surface area contributed by atoms with E-state index in [-0.39, 0.29) is 12.8 Å². The van der Waals surface area contributed by atoms with Crippen molar-refractivity contribution < 1.29 is 19.8 Å². The van der Waals surface area contributed by atoms with E-state index in [1.807, 2.05) is 31.7 Å². The first-order valence-corrected chi connectivity index (χ1v) is 15.8. The van der Waals surface area contributed by atoms with Gasteiger partial charge in [0.15, 0.2) is 0 Å². The summed E-state index contributed by atoms with van der Waals surface area (Å²) in [6, 6.07) is 8.27. The average molecular weight is 597 g/mol. The van der Waals surface area contributed by atoms with Crippen molar-refractivity contribution in [2.24, 2.45) is 0 Å². The number of hydrogen-bond acceptors (Lipinski definition) is 5. The molecule has 3 aliphatic heterocycles. The van der Waals surface area contributed by atoms with Crippen molar-refractivity contribution in [3.8, 4) is 0 Å². The maximum Gasteiger partial charge on any atom is 0.303 e. The molecule has 0 amide bonds. The summed E-state index contributed by atoms with van der Waals surface area (Å²) in [7, 11) is 0. The van der Waals surface area contributed by atoms with Gasteiger partial charge in [0.05, 0.1) is 22.8 Å². The number of aromatic nitrogens is 4. The van der Waals surface area contributed by atoms with Gasteiger partial charge in [0, 0.05) is 45.9 Å². The smallest absolute Gasteiger partial charge is 0.303 e. The Kier molecular flexibility index (Phi) is 7.54. The van der Waals surface area contributed by atoms with Crippen LogP contribution in [0.3, 0.4) is 0 Å². The Balaban J connectivity index is 1.72. The summed E-state index contributed by atoms with van der Waals surface area (Å²) >= 11 is 1.94. The van der Waals surface area contributed by atoms with Crippen LogP contribution in [0.2, 0.25) is 0 Å². The van der Waals surface area contributed by atoms with Crippen LogP contribution in [-0.2, 0) is 16.0 Å². The predicted octanol–water partition coefficient (Wildman–Crippen LogP) is 7.87. The SMILES string of the molecule is CCc1c(C)c2cc3[nH]c(cc4nc(cc5nc(cc1[nH]2)C(C)=C5CCC(=O)O)C(CCC(=O)O)=C4C)c(C)c3C1CS1. The fourth-order valence-corrected chi connectivity index (χ4v) is 7.09. The van der Waals surface area contributed by atoms with Crippen LogP contribution in [0.5, 0.6) is 0 Å². The van der Waals surface area contributed by atoms with Crippen molar-refractivity contribution in [1.29, 1.82) is 0 Å². The number of rotatable bonds is 8. The molecule has 1 saturated heterocycles. The Bertz CT molecular complexity index is 1920. The van der Waals surface area contributed by atoms with E-state index in [2.05, 4.69) is 48.9 Å². The van der Waals surface area contributed by atoms with Crippen molar-refractivity contribution in [2.75, 3.05) is 5.75 Å². The lowest BCUT2D eigenvalue weighted by Gasteiger charge is -2.05. The first-order valence-electron chi connectivity index (χ1n) is 14.8. The van der Waals surface area contributed by atoms with Crippen LogP contribution in [0.1, 0.15) is 96.7 Å². The van der Waals surface area contributed by atoms with Crippen LogP contribution in [0.25, 0.3) is 44.4 Å². The van der Waals surface area contributed by atoms with Crippen LogP contribution < -0.4 is 0 Å². The Morgan fingerprint density at radius 1 is 0.767 bits per heavy atom. The summed E-state index contributed by atoms with van der Waals surface area (Å²) in [6.45, 7) is 10.5. The fourth-order valence-electron chi connectivity index (χ4n) is 6.36. The third-order valence-corrected chi connectivity index (χ3v) is 9.81. The summed E-state index contributed by atoms with van der Waals surface area (Å²) in [4.78, 5) is 40.5. The van der Waals surface area contributed by atoms with Gasteiger partial charge < -0.3 is 20.2 Å². The predicted molar refractivity (Wildman–Crippen MR) is 174 cm³/mol. The maximum atomic E-state index is 11.6. The monoisotopic (exact) mass is 596 g/mol. The highest BCUT2D eigenvalue weighted by molar-refractivity contribution is 8.06. The number of hydrogen-bond donors (Lipinski definition) is 4. The first kappa shape index (κ1) is 29.0. The molecular formula is C34H36N4O4S. The van der Waals surface area contributed by atoms with Gasteiger partial charge >= 0.3 is 11.9 Å². The summed E-state index contributed by atoms with van der Waals surface area (Å²) in [5.74, 6) is -0.631. The molecule has 43 heavy (non-hydrogen) atoms. The number of H-pyrrole nitrogens is 2. The average Bonchev–Trinajstić information content (AvgIpc) is 3.50. The zero-order valence-electron chi connectivity index (χ0n) is 25.1. The molecule has 0 aliphatic carbocycles. The number of nitrogens with zero attached hydrogens (tertiary/aromatic N) is 2. The Morgan fingerprint density at radius 2 is 1.28 bits per heavy atom. The number of thioether (sulfide) groups is 1. The quantitative estimate of drug-likeness (QED) is 0.195. The third kappa shape index (κ3) is 5.42. The second-order valence-corrected chi connectivity index (χ2v) is 12.8. The Labute approximate surface area is 254 Å². The number of aliphatic carboxylic acids is 2. The molecule has 6 heterocycles. The molecule has 3 aromatic rings. The van der Waals surface area contributed by atoms with E-state index >= 15 is 0 Å². The minimum atomic E-state index is -0.866.